The Morgan fingerprint density at radius 1 is 1.05 bits per heavy atom. The minimum atomic E-state index is -3.94. The number of fused-ring (bicyclic) bond motifs is 1. The van der Waals surface area contributed by atoms with Crippen LogP contribution in [0.4, 0.5) is 4.79 Å². The first kappa shape index (κ1) is 31.0. The molecular weight excluding hydrogens is 578 g/mol. The molecule has 0 aliphatic carbocycles. The zero-order chi connectivity index (χ0) is 31.6. The molecule has 44 heavy (non-hydrogen) atoms. The van der Waals surface area contributed by atoms with E-state index in [4.69, 9.17) is 9.47 Å². The molecule has 0 saturated carbocycles. The van der Waals surface area contributed by atoms with Gasteiger partial charge in [0.1, 0.15) is 17.4 Å². The van der Waals surface area contributed by atoms with E-state index in [9.17, 15) is 18.5 Å². The number of amides is 1. The molecule has 230 valence electrons. The molecule has 0 atom stereocenters. The maximum Gasteiger partial charge on any atom is 0.410 e. The van der Waals surface area contributed by atoms with E-state index in [1.54, 1.807) is 35.2 Å². The Hall–Kier alpha value is -4.43. The molecule has 0 radical (unpaired) electrons. The van der Waals surface area contributed by atoms with Gasteiger partial charge in [0.15, 0.2) is 5.65 Å². The van der Waals surface area contributed by atoms with Crippen molar-refractivity contribution >= 4 is 27.1 Å². The van der Waals surface area contributed by atoms with Crippen molar-refractivity contribution in [1.29, 1.82) is 5.26 Å². The minimum Gasteiger partial charge on any atom is -0.493 e. The summed E-state index contributed by atoms with van der Waals surface area (Å²) in [5, 5.41) is 10.2. The van der Waals surface area contributed by atoms with Crippen molar-refractivity contribution < 1.29 is 22.7 Å². The number of piperidine rings is 1. The molecule has 11 heteroatoms. The van der Waals surface area contributed by atoms with Gasteiger partial charge in [-0.15, -0.1) is 0 Å². The van der Waals surface area contributed by atoms with Crippen LogP contribution in [-0.2, 0) is 14.8 Å². The van der Waals surface area contributed by atoms with Crippen LogP contribution < -0.4 is 4.74 Å². The number of hydrogen-bond acceptors (Lipinski definition) is 8. The molecule has 1 aliphatic rings. The number of rotatable bonds is 7. The van der Waals surface area contributed by atoms with Crippen molar-refractivity contribution in [3.8, 4) is 23.1 Å². The van der Waals surface area contributed by atoms with Gasteiger partial charge in [0.25, 0.3) is 10.0 Å². The zero-order valence-electron chi connectivity index (χ0n) is 25.7. The lowest BCUT2D eigenvalue weighted by Crippen LogP contribution is -2.41. The molecule has 0 unspecified atom stereocenters. The third-order valence-electron chi connectivity index (χ3n) is 7.69. The van der Waals surface area contributed by atoms with Gasteiger partial charge >= 0.3 is 6.09 Å². The van der Waals surface area contributed by atoms with E-state index in [1.165, 1.54) is 6.20 Å². The average molecular weight is 616 g/mol. The summed E-state index contributed by atoms with van der Waals surface area (Å²) in [4.78, 5) is 22.9. The number of nitrogens with zero attached hydrogens (tertiary/aromatic N) is 5. The van der Waals surface area contributed by atoms with Crippen LogP contribution in [0, 0.1) is 31.1 Å². The minimum absolute atomic E-state index is 0.123. The second kappa shape index (κ2) is 12.3. The van der Waals surface area contributed by atoms with Crippen LogP contribution in [0.5, 0.6) is 5.75 Å². The summed E-state index contributed by atoms with van der Waals surface area (Å²) in [6.07, 6.45) is 3.89. The lowest BCUT2D eigenvalue weighted by Gasteiger charge is -2.33. The van der Waals surface area contributed by atoms with Crippen LogP contribution in [0.1, 0.15) is 57.0 Å². The van der Waals surface area contributed by atoms with Crippen LogP contribution >= 0.6 is 0 Å². The monoisotopic (exact) mass is 615 g/mol. The van der Waals surface area contributed by atoms with Gasteiger partial charge in [-0.1, -0.05) is 17.7 Å². The smallest absolute Gasteiger partial charge is 0.410 e. The van der Waals surface area contributed by atoms with Crippen molar-refractivity contribution in [3.05, 3.63) is 71.7 Å². The Bertz CT molecular complexity index is 1830. The Kier molecular flexibility index (Phi) is 8.66. The second-order valence-electron chi connectivity index (χ2n) is 12.2. The van der Waals surface area contributed by atoms with Crippen molar-refractivity contribution in [1.82, 2.24) is 18.8 Å². The van der Waals surface area contributed by atoms with E-state index >= 15 is 0 Å². The first-order chi connectivity index (χ1) is 20.9. The first-order valence-electron chi connectivity index (χ1n) is 14.7. The molecule has 10 nitrogen and oxygen atoms in total. The molecule has 3 heterocycles. The van der Waals surface area contributed by atoms with Crippen LogP contribution in [-0.4, -0.2) is 58.6 Å². The molecule has 4 aromatic rings. The predicted octanol–water partition coefficient (Wildman–Crippen LogP) is 6.24. The Labute approximate surface area is 258 Å². The van der Waals surface area contributed by atoms with E-state index in [0.717, 1.165) is 45.7 Å². The lowest BCUT2D eigenvalue weighted by atomic mass is 9.94. The molecule has 2 aromatic heterocycles. The molecule has 1 fully saturated rings. The van der Waals surface area contributed by atoms with Gasteiger partial charge in [-0.2, -0.15) is 10.2 Å². The molecule has 0 bridgehead atoms. The second-order valence-corrected chi connectivity index (χ2v) is 14.0. The van der Waals surface area contributed by atoms with E-state index in [0.29, 0.717) is 36.7 Å². The van der Waals surface area contributed by atoms with Gasteiger partial charge < -0.3 is 14.4 Å². The van der Waals surface area contributed by atoms with Crippen molar-refractivity contribution in [2.24, 2.45) is 5.92 Å². The van der Waals surface area contributed by atoms with Gasteiger partial charge in [-0.05, 0) is 102 Å². The van der Waals surface area contributed by atoms with Crippen molar-refractivity contribution in [2.75, 3.05) is 19.7 Å². The Morgan fingerprint density at radius 3 is 2.39 bits per heavy atom. The summed E-state index contributed by atoms with van der Waals surface area (Å²) in [7, 11) is -3.94. The van der Waals surface area contributed by atoms with E-state index in [2.05, 4.69) is 9.97 Å². The van der Waals surface area contributed by atoms with Crippen molar-refractivity contribution in [2.45, 2.75) is 64.4 Å². The van der Waals surface area contributed by atoms with Crippen LogP contribution in [0.3, 0.4) is 0 Å². The molecule has 5 rings (SSSR count). The third-order valence-corrected chi connectivity index (χ3v) is 9.37. The topological polar surface area (TPSA) is 127 Å². The fourth-order valence-corrected chi connectivity index (χ4v) is 6.60. The number of likely N-dealkylation sites (tertiary alicyclic amines) is 1. The SMILES string of the molecule is Cc1ccc(S(=O)(=O)n2ccc3c(-c4ccc(OCCC5CCN(C(=O)OC(C)(C)C)CC5)c(C)c4)nc(C#N)nc32)cc1. The average Bonchev–Trinajstić information content (AvgIpc) is 3.42. The van der Waals surface area contributed by atoms with Crippen LogP contribution in [0.25, 0.3) is 22.3 Å². The standard InChI is InChI=1S/C33H37N5O5S/c1-22-6-9-26(10-7-22)44(40,41)38-18-14-27-30(35-29(21-34)36-31(27)38)25-8-11-28(23(2)20-25)42-19-15-24-12-16-37(17-13-24)32(39)43-33(3,4)5/h6-11,14,18,20,24H,12-13,15-17,19H2,1-5H3. The molecule has 1 aliphatic heterocycles. The molecule has 0 N–H and O–H groups in total. The fraction of sp³-hybridized carbons (Fsp3) is 0.394. The summed E-state index contributed by atoms with van der Waals surface area (Å²) < 4.78 is 39.6. The Balaban J connectivity index is 1.29. The predicted molar refractivity (Wildman–Crippen MR) is 167 cm³/mol. The summed E-state index contributed by atoms with van der Waals surface area (Å²) in [5.41, 5.74) is 2.66. The maximum atomic E-state index is 13.5. The number of aryl methyl sites for hydroxylation is 2. The number of carbonyl (C=O) groups is 1. The molecule has 1 saturated heterocycles. The first-order valence-corrected chi connectivity index (χ1v) is 16.1. The number of nitriles is 1. The zero-order valence-corrected chi connectivity index (χ0v) is 26.5. The van der Waals surface area contributed by atoms with Gasteiger partial charge in [-0.25, -0.2) is 22.2 Å². The highest BCUT2D eigenvalue weighted by molar-refractivity contribution is 7.90. The largest absolute Gasteiger partial charge is 0.493 e. The molecular formula is C33H37N5O5S. The van der Waals surface area contributed by atoms with Gasteiger partial charge in [0.05, 0.1) is 17.2 Å². The number of ether oxygens (including phenoxy) is 2. The number of hydrogen-bond donors (Lipinski definition) is 0. The van der Waals surface area contributed by atoms with Crippen LogP contribution in [0.2, 0.25) is 0 Å². The normalized spacial score (nSPS) is 14.4. The maximum absolute atomic E-state index is 13.5. The highest BCUT2D eigenvalue weighted by Gasteiger charge is 2.27. The van der Waals surface area contributed by atoms with E-state index in [-0.39, 0.29) is 22.5 Å². The molecule has 2 aromatic carbocycles. The highest BCUT2D eigenvalue weighted by atomic mass is 32.2. The summed E-state index contributed by atoms with van der Waals surface area (Å²) in [6, 6.07) is 15.9. The number of carbonyl (C=O) groups excluding carboxylic acids is 1. The van der Waals surface area contributed by atoms with E-state index < -0.39 is 15.6 Å². The fourth-order valence-electron chi connectivity index (χ4n) is 5.30. The van der Waals surface area contributed by atoms with Gasteiger partial charge in [0, 0.05) is 30.2 Å². The highest BCUT2D eigenvalue weighted by Crippen LogP contribution is 2.32. The summed E-state index contributed by atoms with van der Waals surface area (Å²) >= 11 is 0. The number of aromatic nitrogens is 3. The van der Waals surface area contributed by atoms with Gasteiger partial charge in [-0.3, -0.25) is 0 Å². The van der Waals surface area contributed by atoms with Gasteiger partial charge in [0.2, 0.25) is 5.82 Å². The van der Waals surface area contributed by atoms with E-state index in [1.807, 2.05) is 58.9 Å². The lowest BCUT2D eigenvalue weighted by molar-refractivity contribution is 0.0177. The number of benzene rings is 2. The van der Waals surface area contributed by atoms with Crippen LogP contribution in [0.15, 0.2) is 59.6 Å². The molecule has 0 spiro atoms. The van der Waals surface area contributed by atoms with Crippen molar-refractivity contribution in [3.63, 3.8) is 0 Å². The quantitative estimate of drug-likeness (QED) is 0.239. The summed E-state index contributed by atoms with van der Waals surface area (Å²) in [5.74, 6) is 1.08. The Morgan fingerprint density at radius 2 is 1.75 bits per heavy atom. The third kappa shape index (κ3) is 6.70. The molecule has 1 amide bonds. The summed E-state index contributed by atoms with van der Waals surface area (Å²) in [6.45, 7) is 11.4.